The normalized spacial score (nSPS) is 22.7. The van der Waals surface area contributed by atoms with Crippen LogP contribution in [0, 0.1) is 5.82 Å². The lowest BCUT2D eigenvalue weighted by molar-refractivity contribution is -0.199. The number of carboxylic acids is 1. The van der Waals surface area contributed by atoms with E-state index < -0.39 is 66.8 Å². The average molecular weight is 740 g/mol. The van der Waals surface area contributed by atoms with Gasteiger partial charge in [0.2, 0.25) is 18.3 Å². The summed E-state index contributed by atoms with van der Waals surface area (Å²) in [5.74, 6) is -4.62. The number of aliphatic hydroxyl groups is 4. The quantitative estimate of drug-likeness (QED) is 0.0854. The minimum Gasteiger partial charge on any atom is -0.506 e. The second kappa shape index (κ2) is 14.5. The first-order chi connectivity index (χ1) is 24.2. The molecule has 1 saturated heterocycles. The van der Waals surface area contributed by atoms with Crippen molar-refractivity contribution in [2.24, 2.45) is 0 Å². The molecule has 4 aromatic carbocycles. The van der Waals surface area contributed by atoms with E-state index in [1.165, 1.54) is 59.5 Å². The molecule has 0 aliphatic carbocycles. The van der Waals surface area contributed by atoms with Crippen LogP contribution in [0.2, 0.25) is 0 Å². The zero-order valence-corrected chi connectivity index (χ0v) is 28.0. The topological polar surface area (TPSA) is 215 Å². The fourth-order valence-electron chi connectivity index (χ4n) is 5.77. The van der Waals surface area contributed by atoms with Gasteiger partial charge in [-0.15, -0.1) is 11.8 Å². The molecule has 1 amide bonds. The molecule has 51 heavy (non-hydrogen) atoms. The summed E-state index contributed by atoms with van der Waals surface area (Å²) < 4.78 is 36.7. The van der Waals surface area contributed by atoms with Gasteiger partial charge in [0.25, 0.3) is 0 Å². The third-order valence-corrected chi connectivity index (χ3v) is 10.7. The Hall–Kier alpha value is -4.73. The van der Waals surface area contributed by atoms with E-state index >= 15 is 0 Å². The zero-order valence-electron chi connectivity index (χ0n) is 26.3. The number of hydrogen-bond acceptors (Lipinski definition) is 10. The maximum Gasteiger partial charge on any atom is 0.356 e. The number of carbonyl (C=O) groups excluding carboxylic acids is 1. The number of nitrogens with zero attached hydrogens (tertiary/aromatic N) is 1. The number of para-hydroxylation sites is 1. The van der Waals surface area contributed by atoms with E-state index in [1.807, 2.05) is 0 Å². The molecule has 13 nitrogen and oxygen atoms in total. The summed E-state index contributed by atoms with van der Waals surface area (Å²) in [6.07, 6.45) is -7.01. The van der Waals surface area contributed by atoms with Crippen molar-refractivity contribution in [1.29, 1.82) is 0 Å². The number of amides is 1. The van der Waals surface area contributed by atoms with Gasteiger partial charge in [-0.3, -0.25) is 9.36 Å². The van der Waals surface area contributed by atoms with Crippen LogP contribution in [0.1, 0.15) is 23.3 Å². The fourth-order valence-corrected chi connectivity index (χ4v) is 7.59. The van der Waals surface area contributed by atoms with E-state index in [-0.39, 0.29) is 22.7 Å². The van der Waals surface area contributed by atoms with E-state index in [4.69, 9.17) is 9.47 Å². The Bertz CT molecular complexity index is 2010. The van der Waals surface area contributed by atoms with Crippen molar-refractivity contribution in [3.05, 3.63) is 126 Å². The Balaban J connectivity index is 1.41. The minimum atomic E-state index is -4.54. The summed E-state index contributed by atoms with van der Waals surface area (Å²) in [5.41, 5.74) is 2.25. The molecule has 0 spiro atoms. The van der Waals surface area contributed by atoms with Gasteiger partial charge in [-0.25, -0.2) is 9.18 Å². The fraction of sp³-hybridized carbons (Fsp3) is 0.200. The molecule has 2 heterocycles. The van der Waals surface area contributed by atoms with Crippen LogP contribution < -0.4 is 14.9 Å². The monoisotopic (exact) mass is 739 g/mol. The van der Waals surface area contributed by atoms with Crippen molar-refractivity contribution < 1.29 is 63.3 Å². The smallest absolute Gasteiger partial charge is 0.356 e. The first-order valence-corrected chi connectivity index (χ1v) is 18.0. The van der Waals surface area contributed by atoms with Crippen LogP contribution in [0.15, 0.2) is 109 Å². The molecule has 4 aromatic rings. The first kappa shape index (κ1) is 36.1. The van der Waals surface area contributed by atoms with Crippen molar-refractivity contribution in [2.75, 3.05) is 10.7 Å². The number of anilines is 1. The van der Waals surface area contributed by atoms with Gasteiger partial charge in [-0.1, -0.05) is 54.6 Å². The molecule has 6 atom stereocenters. The number of halogens is 1. The SMILES string of the molecule is O=C(O)C1O[C@@H](Oc2cc(-c3ccc(P(=O)(O)O)cc3)ccc2[C@@H]2[C@@H](SC[C@H](O)c3ccc(F)cc3)C(=O)N2c2ccccc2)C(O)C(O)=C1O. The highest BCUT2D eigenvalue weighted by Gasteiger charge is 2.51. The number of aliphatic hydroxyl groups excluding tert-OH is 4. The average Bonchev–Trinajstić information content (AvgIpc) is 3.11. The highest BCUT2D eigenvalue weighted by molar-refractivity contribution is 8.00. The Kier molecular flexibility index (Phi) is 10.2. The van der Waals surface area contributed by atoms with Gasteiger partial charge in [0.15, 0.2) is 17.6 Å². The van der Waals surface area contributed by atoms with Crippen LogP contribution in [0.25, 0.3) is 11.1 Å². The first-order valence-electron chi connectivity index (χ1n) is 15.3. The molecule has 0 radical (unpaired) electrons. The number of carbonyl (C=O) groups is 2. The van der Waals surface area contributed by atoms with Gasteiger partial charge >= 0.3 is 13.6 Å². The Morgan fingerprint density at radius 2 is 1.59 bits per heavy atom. The van der Waals surface area contributed by atoms with Gasteiger partial charge in [-0.05, 0) is 59.2 Å². The van der Waals surface area contributed by atoms with E-state index in [0.29, 0.717) is 27.9 Å². The lowest BCUT2D eigenvalue weighted by atomic mass is 9.90. The van der Waals surface area contributed by atoms with E-state index in [0.717, 1.165) is 11.8 Å². The number of aliphatic carboxylic acids is 1. The summed E-state index contributed by atoms with van der Waals surface area (Å²) in [7, 11) is -4.54. The number of rotatable bonds is 11. The summed E-state index contributed by atoms with van der Waals surface area (Å²) in [5, 5.41) is 50.7. The molecule has 0 bridgehead atoms. The van der Waals surface area contributed by atoms with Crippen molar-refractivity contribution in [2.45, 2.75) is 35.9 Å². The summed E-state index contributed by atoms with van der Waals surface area (Å²) in [6, 6.07) is 23.4. The number of thioether (sulfide) groups is 1. The number of carboxylic acid groups (broad SMARTS) is 1. The third-order valence-electron chi connectivity index (χ3n) is 8.42. The molecular weight excluding hydrogens is 708 g/mol. The van der Waals surface area contributed by atoms with Gasteiger partial charge in [-0.2, -0.15) is 0 Å². The summed E-state index contributed by atoms with van der Waals surface area (Å²) in [4.78, 5) is 46.2. The Morgan fingerprint density at radius 1 is 0.941 bits per heavy atom. The molecule has 2 aliphatic heterocycles. The van der Waals surface area contributed by atoms with Crippen molar-refractivity contribution >= 4 is 42.2 Å². The number of hydrogen-bond donors (Lipinski definition) is 7. The maximum atomic E-state index is 13.8. The Labute approximate surface area is 294 Å². The second-order valence-electron chi connectivity index (χ2n) is 11.7. The Morgan fingerprint density at radius 3 is 2.22 bits per heavy atom. The number of β-lactam (4-membered cyclic amide) rings is 1. The van der Waals surface area contributed by atoms with Crippen LogP contribution in [-0.4, -0.2) is 76.7 Å². The van der Waals surface area contributed by atoms with Gasteiger partial charge in [0.1, 0.15) is 16.8 Å². The van der Waals surface area contributed by atoms with E-state index in [9.17, 15) is 53.9 Å². The summed E-state index contributed by atoms with van der Waals surface area (Å²) >= 11 is 1.14. The van der Waals surface area contributed by atoms with Crippen molar-refractivity contribution in [3.63, 3.8) is 0 Å². The zero-order chi connectivity index (χ0) is 36.6. The molecule has 2 unspecified atom stereocenters. The van der Waals surface area contributed by atoms with Gasteiger partial charge in [0.05, 0.1) is 17.5 Å². The predicted molar refractivity (Wildman–Crippen MR) is 183 cm³/mol. The third kappa shape index (κ3) is 7.37. The number of ether oxygens (including phenoxy) is 2. The van der Waals surface area contributed by atoms with Crippen molar-refractivity contribution in [3.8, 4) is 16.9 Å². The van der Waals surface area contributed by atoms with Crippen LogP contribution in [-0.2, 0) is 18.9 Å². The number of benzene rings is 4. The van der Waals surface area contributed by atoms with E-state index in [2.05, 4.69) is 0 Å². The highest BCUT2D eigenvalue weighted by Crippen LogP contribution is 2.49. The largest absolute Gasteiger partial charge is 0.506 e. The van der Waals surface area contributed by atoms with Crippen LogP contribution in [0.3, 0.4) is 0 Å². The van der Waals surface area contributed by atoms with Crippen LogP contribution in [0.5, 0.6) is 5.75 Å². The minimum absolute atomic E-state index is 0.0305. The maximum absolute atomic E-state index is 13.8. The highest BCUT2D eigenvalue weighted by atomic mass is 32.2. The molecule has 16 heteroatoms. The molecular formula is C35H31FNO12PS. The molecule has 0 aromatic heterocycles. The molecule has 7 N–H and O–H groups in total. The lowest BCUT2D eigenvalue weighted by Crippen LogP contribution is -2.58. The summed E-state index contributed by atoms with van der Waals surface area (Å²) in [6.45, 7) is 0. The molecule has 266 valence electrons. The molecule has 6 rings (SSSR count). The van der Waals surface area contributed by atoms with Gasteiger partial charge < -0.3 is 49.7 Å². The van der Waals surface area contributed by atoms with E-state index in [1.54, 1.807) is 42.5 Å². The predicted octanol–water partition coefficient (Wildman–Crippen LogP) is 4.10. The molecule has 0 saturated carbocycles. The molecule has 2 aliphatic rings. The standard InChI is InChI=1S/C35H31FNO12PS/c36-21-11-6-19(7-12-21)25(38)17-51-32-27(37(33(32)42)22-4-2-1-3-5-22)24-15-10-20(18-8-13-23(14-9-18)50(45,46)47)16-26(24)48-35-30(41)28(39)29(40)31(49-35)34(43)44/h1-16,25,27,30-32,35,38-41H,17H2,(H,43,44)(H2,45,46,47)/t25-,27+,30?,31?,32+,35+/m0/s1. The second-order valence-corrected chi connectivity index (χ2v) is 14.5. The van der Waals surface area contributed by atoms with Crippen LogP contribution in [0.4, 0.5) is 10.1 Å². The molecule has 1 fully saturated rings. The van der Waals surface area contributed by atoms with Gasteiger partial charge in [0, 0.05) is 17.0 Å². The van der Waals surface area contributed by atoms with Crippen molar-refractivity contribution in [1.82, 2.24) is 0 Å². The lowest BCUT2D eigenvalue weighted by Gasteiger charge is -2.47. The van der Waals surface area contributed by atoms with Crippen LogP contribution >= 0.6 is 19.4 Å².